The predicted molar refractivity (Wildman–Crippen MR) is 73.7 cm³/mol. The number of pyridine rings is 1. The first-order valence-electron chi connectivity index (χ1n) is 6.38. The lowest BCUT2D eigenvalue weighted by Gasteiger charge is -2.11. The van der Waals surface area contributed by atoms with Crippen molar-refractivity contribution >= 4 is 9.84 Å². The van der Waals surface area contributed by atoms with Crippen LogP contribution < -0.4 is 0 Å². The molecule has 0 unspecified atom stereocenters. The Morgan fingerprint density at radius 3 is 2.64 bits per heavy atom. The number of rotatable bonds is 5. The van der Waals surface area contributed by atoms with Gasteiger partial charge in [0, 0.05) is 12.4 Å². The highest BCUT2D eigenvalue weighted by Crippen LogP contribution is 2.31. The lowest BCUT2D eigenvalue weighted by molar-refractivity contribution is -0.138. The van der Waals surface area contributed by atoms with Crippen molar-refractivity contribution in [3.63, 3.8) is 0 Å². The van der Waals surface area contributed by atoms with Crippen LogP contribution in [0.3, 0.4) is 0 Å². The normalized spacial score (nSPS) is 12.5. The molecular weight excluding hydrogens is 319 g/mol. The fourth-order valence-corrected chi connectivity index (χ4v) is 3.17. The zero-order valence-electron chi connectivity index (χ0n) is 11.7. The van der Waals surface area contributed by atoms with Crippen LogP contribution in [0.4, 0.5) is 13.2 Å². The molecular formula is C13H14F3N3O2S. The number of sulfone groups is 1. The zero-order valence-corrected chi connectivity index (χ0v) is 12.5. The fourth-order valence-electron chi connectivity index (χ4n) is 1.91. The third kappa shape index (κ3) is 4.30. The maximum absolute atomic E-state index is 12.8. The lowest BCUT2D eigenvalue weighted by atomic mass is 10.2. The minimum absolute atomic E-state index is 0.0877. The molecule has 0 aliphatic rings. The fraction of sp³-hybridized carbons (Fsp3) is 0.385. The highest BCUT2D eigenvalue weighted by molar-refractivity contribution is 7.90. The quantitative estimate of drug-likeness (QED) is 0.842. The molecule has 2 aromatic rings. The van der Waals surface area contributed by atoms with E-state index >= 15 is 0 Å². The van der Waals surface area contributed by atoms with Crippen LogP contribution in [0.1, 0.15) is 16.8 Å². The Balaban J connectivity index is 2.12. The number of aromatic nitrogens is 3. The van der Waals surface area contributed by atoms with Crippen molar-refractivity contribution in [1.82, 2.24) is 14.8 Å². The van der Waals surface area contributed by atoms with E-state index in [0.29, 0.717) is 0 Å². The smallest absolute Gasteiger partial charge is 0.271 e. The summed E-state index contributed by atoms with van der Waals surface area (Å²) >= 11 is 0. The van der Waals surface area contributed by atoms with Gasteiger partial charge in [0.05, 0.1) is 35.5 Å². The number of nitrogens with zero attached hydrogens (tertiary/aromatic N) is 3. The number of aryl methyl sites for hydroxylation is 2. The second-order valence-corrected chi connectivity index (χ2v) is 7.05. The molecule has 0 aliphatic carbocycles. The molecule has 0 fully saturated rings. The summed E-state index contributed by atoms with van der Waals surface area (Å²) in [5, 5.41) is 3.94. The molecule has 0 radical (unpaired) electrons. The van der Waals surface area contributed by atoms with E-state index in [1.807, 2.05) is 6.92 Å². The summed E-state index contributed by atoms with van der Waals surface area (Å²) < 4.78 is 63.9. The SMILES string of the molecule is Cc1cnn(CCS(=O)(=O)Cc2ncccc2C(F)(F)F)c1. The van der Waals surface area contributed by atoms with E-state index in [9.17, 15) is 21.6 Å². The molecule has 120 valence electrons. The maximum atomic E-state index is 12.8. The minimum Gasteiger partial charge on any atom is -0.271 e. The third-order valence-electron chi connectivity index (χ3n) is 2.95. The van der Waals surface area contributed by atoms with E-state index < -0.39 is 33.0 Å². The Labute approximate surface area is 125 Å². The summed E-state index contributed by atoms with van der Waals surface area (Å²) in [7, 11) is -3.73. The van der Waals surface area contributed by atoms with Crippen molar-refractivity contribution in [3.05, 3.63) is 47.5 Å². The van der Waals surface area contributed by atoms with E-state index in [-0.39, 0.29) is 12.3 Å². The van der Waals surface area contributed by atoms with Crippen molar-refractivity contribution in [2.24, 2.45) is 0 Å². The molecule has 0 bridgehead atoms. The summed E-state index contributed by atoms with van der Waals surface area (Å²) in [5.41, 5.74) is -0.623. The van der Waals surface area contributed by atoms with E-state index in [0.717, 1.165) is 23.9 Å². The van der Waals surface area contributed by atoms with Crippen LogP contribution in [0.2, 0.25) is 0 Å². The molecule has 9 heteroatoms. The van der Waals surface area contributed by atoms with Crippen molar-refractivity contribution in [2.75, 3.05) is 5.75 Å². The summed E-state index contributed by atoms with van der Waals surface area (Å²) in [6.45, 7) is 1.89. The molecule has 0 saturated heterocycles. The molecule has 0 aromatic carbocycles. The van der Waals surface area contributed by atoms with Crippen molar-refractivity contribution in [1.29, 1.82) is 0 Å². The Hall–Kier alpha value is -1.90. The molecule has 22 heavy (non-hydrogen) atoms. The van der Waals surface area contributed by atoms with Gasteiger partial charge in [0.2, 0.25) is 0 Å². The molecule has 0 spiro atoms. The average Bonchev–Trinajstić information content (AvgIpc) is 2.81. The van der Waals surface area contributed by atoms with E-state index in [4.69, 9.17) is 0 Å². The molecule has 0 atom stereocenters. The van der Waals surface area contributed by atoms with Crippen LogP contribution >= 0.6 is 0 Å². The third-order valence-corrected chi connectivity index (χ3v) is 4.46. The van der Waals surface area contributed by atoms with Gasteiger partial charge in [-0.15, -0.1) is 0 Å². The molecule has 2 rings (SSSR count). The van der Waals surface area contributed by atoms with E-state index in [1.165, 1.54) is 4.68 Å². The Morgan fingerprint density at radius 1 is 1.32 bits per heavy atom. The number of hydrogen-bond donors (Lipinski definition) is 0. The Kier molecular flexibility index (Phi) is 4.55. The number of alkyl halides is 3. The van der Waals surface area contributed by atoms with Crippen molar-refractivity contribution < 1.29 is 21.6 Å². The lowest BCUT2D eigenvalue weighted by Crippen LogP contribution is -2.19. The summed E-state index contributed by atoms with van der Waals surface area (Å²) in [6, 6.07) is 1.96. The van der Waals surface area contributed by atoms with Crippen LogP contribution in [0.5, 0.6) is 0 Å². The van der Waals surface area contributed by atoms with Crippen LogP contribution in [0.25, 0.3) is 0 Å². The first-order chi connectivity index (χ1) is 10.2. The molecule has 0 N–H and O–H groups in total. The second-order valence-electron chi connectivity index (χ2n) is 4.87. The van der Waals surface area contributed by atoms with Gasteiger partial charge in [0.1, 0.15) is 0 Å². The van der Waals surface area contributed by atoms with Gasteiger partial charge in [-0.05, 0) is 24.6 Å². The van der Waals surface area contributed by atoms with E-state index in [1.54, 1.807) is 12.4 Å². The molecule has 2 heterocycles. The Bertz CT molecular complexity index is 754. The monoisotopic (exact) mass is 333 g/mol. The van der Waals surface area contributed by atoms with Gasteiger partial charge in [-0.25, -0.2) is 8.42 Å². The number of hydrogen-bond acceptors (Lipinski definition) is 4. The predicted octanol–water partition coefficient (Wildman–Crippen LogP) is 2.22. The molecule has 5 nitrogen and oxygen atoms in total. The van der Waals surface area contributed by atoms with Crippen molar-refractivity contribution in [2.45, 2.75) is 25.4 Å². The van der Waals surface area contributed by atoms with Gasteiger partial charge in [0.25, 0.3) is 0 Å². The van der Waals surface area contributed by atoms with Gasteiger partial charge < -0.3 is 0 Å². The van der Waals surface area contributed by atoms with Crippen molar-refractivity contribution in [3.8, 4) is 0 Å². The van der Waals surface area contributed by atoms with Gasteiger partial charge >= 0.3 is 6.18 Å². The van der Waals surface area contributed by atoms with E-state index in [2.05, 4.69) is 10.1 Å². The second kappa shape index (κ2) is 6.07. The molecule has 2 aromatic heterocycles. The highest BCUT2D eigenvalue weighted by Gasteiger charge is 2.34. The summed E-state index contributed by atoms with van der Waals surface area (Å²) in [6.07, 6.45) is -0.236. The van der Waals surface area contributed by atoms with Gasteiger partial charge in [-0.2, -0.15) is 18.3 Å². The highest BCUT2D eigenvalue weighted by atomic mass is 32.2. The maximum Gasteiger partial charge on any atom is 0.418 e. The number of halogens is 3. The van der Waals surface area contributed by atoms with Gasteiger partial charge in [-0.3, -0.25) is 9.67 Å². The largest absolute Gasteiger partial charge is 0.418 e. The van der Waals surface area contributed by atoms with Gasteiger partial charge in [0.15, 0.2) is 9.84 Å². The Morgan fingerprint density at radius 2 is 2.05 bits per heavy atom. The summed E-state index contributed by atoms with van der Waals surface area (Å²) in [5.74, 6) is -1.05. The standard InChI is InChI=1S/C13H14F3N3O2S/c1-10-7-18-19(8-10)5-6-22(20,21)9-12-11(13(14,15)16)3-2-4-17-12/h2-4,7-8H,5-6,9H2,1H3. The first-order valence-corrected chi connectivity index (χ1v) is 8.20. The molecule has 0 saturated carbocycles. The van der Waals surface area contributed by atoms with Gasteiger partial charge in [-0.1, -0.05) is 0 Å². The molecule has 0 amide bonds. The average molecular weight is 333 g/mol. The topological polar surface area (TPSA) is 64.8 Å². The van der Waals surface area contributed by atoms with Crippen LogP contribution in [-0.4, -0.2) is 28.9 Å². The van der Waals surface area contributed by atoms with Crippen LogP contribution in [-0.2, 0) is 28.3 Å². The first kappa shape index (κ1) is 16.5. The minimum atomic E-state index is -4.63. The summed E-state index contributed by atoms with van der Waals surface area (Å²) in [4.78, 5) is 3.57. The van der Waals surface area contributed by atoms with Crippen LogP contribution in [0.15, 0.2) is 30.7 Å². The zero-order chi connectivity index (χ0) is 16.4. The molecule has 0 aliphatic heterocycles. The van der Waals surface area contributed by atoms with Crippen LogP contribution in [0, 0.1) is 6.92 Å².